The van der Waals surface area contributed by atoms with E-state index in [-0.39, 0.29) is 12.2 Å². The second-order valence-electron chi connectivity index (χ2n) is 7.60. The molecule has 7 nitrogen and oxygen atoms in total. The van der Waals surface area contributed by atoms with Gasteiger partial charge >= 0.3 is 6.09 Å². The van der Waals surface area contributed by atoms with Crippen molar-refractivity contribution in [2.75, 3.05) is 31.6 Å². The summed E-state index contributed by atoms with van der Waals surface area (Å²) in [6.07, 6.45) is -0.490. The van der Waals surface area contributed by atoms with Gasteiger partial charge in [-0.2, -0.15) is 0 Å². The van der Waals surface area contributed by atoms with Crippen LogP contribution in [-0.2, 0) is 9.47 Å². The molecule has 1 saturated heterocycles. The summed E-state index contributed by atoms with van der Waals surface area (Å²) in [7, 11) is 0. The number of ether oxygens (including phenoxy) is 2. The lowest BCUT2D eigenvalue weighted by atomic mass is 10.1. The van der Waals surface area contributed by atoms with Crippen LogP contribution in [0.5, 0.6) is 0 Å². The Morgan fingerprint density at radius 3 is 2.79 bits per heavy atom. The van der Waals surface area contributed by atoms with Crippen molar-refractivity contribution in [2.45, 2.75) is 32.5 Å². The monoisotopic (exact) mass is 404 g/mol. The molecule has 1 aromatic heterocycles. The summed E-state index contributed by atoms with van der Waals surface area (Å²) in [6.45, 7) is 7.51. The van der Waals surface area contributed by atoms with Crippen molar-refractivity contribution in [3.05, 3.63) is 41.6 Å². The fourth-order valence-electron chi connectivity index (χ4n) is 2.87. The molecule has 0 radical (unpaired) electrons. The summed E-state index contributed by atoms with van der Waals surface area (Å²) >= 11 is 6.04. The van der Waals surface area contributed by atoms with E-state index in [1.54, 1.807) is 11.0 Å². The molecule has 1 aromatic carbocycles. The maximum absolute atomic E-state index is 12.3. The van der Waals surface area contributed by atoms with Crippen LogP contribution < -0.4 is 5.32 Å². The van der Waals surface area contributed by atoms with E-state index in [2.05, 4.69) is 15.5 Å². The first-order valence-corrected chi connectivity index (χ1v) is 9.62. The van der Waals surface area contributed by atoms with Gasteiger partial charge in [0.15, 0.2) is 5.15 Å². The molecule has 1 aliphatic heterocycles. The van der Waals surface area contributed by atoms with Crippen LogP contribution in [0.25, 0.3) is 11.3 Å². The zero-order valence-corrected chi connectivity index (χ0v) is 17.1. The van der Waals surface area contributed by atoms with Crippen molar-refractivity contribution in [1.29, 1.82) is 0 Å². The number of benzene rings is 1. The van der Waals surface area contributed by atoms with Gasteiger partial charge in [-0.25, -0.2) is 4.79 Å². The topological polar surface area (TPSA) is 76.6 Å². The Morgan fingerprint density at radius 2 is 2.07 bits per heavy atom. The first kappa shape index (κ1) is 20.4. The lowest BCUT2D eigenvalue weighted by Gasteiger charge is -2.34. The molecule has 1 N–H and O–H groups in total. The Hall–Kier alpha value is -2.38. The summed E-state index contributed by atoms with van der Waals surface area (Å²) < 4.78 is 11.3. The van der Waals surface area contributed by atoms with Gasteiger partial charge in [0.05, 0.1) is 24.9 Å². The maximum atomic E-state index is 12.3. The Morgan fingerprint density at radius 1 is 1.32 bits per heavy atom. The van der Waals surface area contributed by atoms with Gasteiger partial charge in [-0.3, -0.25) is 0 Å². The van der Waals surface area contributed by atoms with Crippen molar-refractivity contribution in [2.24, 2.45) is 0 Å². The molecule has 0 spiro atoms. The van der Waals surface area contributed by atoms with Crippen molar-refractivity contribution in [3.63, 3.8) is 0 Å². The maximum Gasteiger partial charge on any atom is 0.410 e. The number of carbonyl (C=O) groups is 1. The number of hydrogen-bond donors (Lipinski definition) is 1. The number of amides is 1. The van der Waals surface area contributed by atoms with E-state index in [1.807, 2.05) is 51.1 Å². The van der Waals surface area contributed by atoms with Crippen LogP contribution in [-0.4, -0.2) is 59.1 Å². The average molecular weight is 405 g/mol. The van der Waals surface area contributed by atoms with Crippen molar-refractivity contribution >= 4 is 23.4 Å². The molecule has 0 bridgehead atoms. The minimum absolute atomic E-state index is 0.170. The number of rotatable bonds is 4. The molecule has 1 unspecified atom stereocenters. The molecule has 1 amide bonds. The third kappa shape index (κ3) is 5.56. The molecule has 8 heteroatoms. The Labute approximate surface area is 170 Å². The fraction of sp³-hybridized carbons (Fsp3) is 0.450. The normalized spacial score (nSPS) is 17.3. The third-order valence-corrected chi connectivity index (χ3v) is 4.31. The van der Waals surface area contributed by atoms with E-state index in [4.69, 9.17) is 21.1 Å². The number of halogens is 1. The van der Waals surface area contributed by atoms with Gasteiger partial charge in [0.1, 0.15) is 11.3 Å². The van der Waals surface area contributed by atoms with Crippen molar-refractivity contribution in [1.82, 2.24) is 15.1 Å². The van der Waals surface area contributed by atoms with Gasteiger partial charge < -0.3 is 19.7 Å². The molecule has 0 saturated carbocycles. The molecule has 1 fully saturated rings. The SMILES string of the molecule is CC(C)(C)OC(=O)N1CCOC(CNc2cc(Cl)nnc2-c2ccccc2)C1. The van der Waals surface area contributed by atoms with Crippen LogP contribution in [0, 0.1) is 0 Å². The highest BCUT2D eigenvalue weighted by Crippen LogP contribution is 2.27. The number of nitrogens with one attached hydrogen (secondary N) is 1. The predicted octanol–water partition coefficient (Wildman–Crippen LogP) is 3.84. The van der Waals surface area contributed by atoms with Crippen LogP contribution in [0.1, 0.15) is 20.8 Å². The average Bonchev–Trinajstić information content (AvgIpc) is 2.66. The number of carbonyl (C=O) groups excluding carboxylic acids is 1. The lowest BCUT2D eigenvalue weighted by molar-refractivity contribution is -0.0371. The van der Waals surface area contributed by atoms with Gasteiger partial charge in [-0.1, -0.05) is 41.9 Å². The van der Waals surface area contributed by atoms with Gasteiger partial charge in [-0.05, 0) is 20.8 Å². The van der Waals surface area contributed by atoms with Crippen molar-refractivity contribution < 1.29 is 14.3 Å². The molecule has 2 heterocycles. The van der Waals surface area contributed by atoms with Crippen LogP contribution in [0.4, 0.5) is 10.5 Å². The molecule has 0 aliphatic carbocycles. The molecule has 28 heavy (non-hydrogen) atoms. The van der Waals surface area contributed by atoms with E-state index in [0.29, 0.717) is 37.1 Å². The Bertz CT molecular complexity index is 811. The summed E-state index contributed by atoms with van der Waals surface area (Å²) in [5.74, 6) is 0. The number of hydrogen-bond acceptors (Lipinski definition) is 6. The number of morpholine rings is 1. The summed E-state index contributed by atoms with van der Waals surface area (Å²) in [5.41, 5.74) is 1.90. The quantitative estimate of drug-likeness (QED) is 0.834. The molecular weight excluding hydrogens is 380 g/mol. The zero-order valence-electron chi connectivity index (χ0n) is 16.3. The van der Waals surface area contributed by atoms with Crippen LogP contribution in [0.2, 0.25) is 5.15 Å². The smallest absolute Gasteiger partial charge is 0.410 e. The van der Waals surface area contributed by atoms with E-state index < -0.39 is 5.60 Å². The largest absolute Gasteiger partial charge is 0.444 e. The number of nitrogens with zero attached hydrogens (tertiary/aromatic N) is 3. The Balaban J connectivity index is 1.66. The van der Waals surface area contributed by atoms with Crippen molar-refractivity contribution in [3.8, 4) is 11.3 Å². The summed E-state index contributed by atoms with van der Waals surface area (Å²) in [4.78, 5) is 14.0. The summed E-state index contributed by atoms with van der Waals surface area (Å²) in [6, 6.07) is 11.5. The first-order valence-electron chi connectivity index (χ1n) is 9.24. The third-order valence-electron chi connectivity index (χ3n) is 4.12. The molecule has 150 valence electrons. The van der Waals surface area contributed by atoms with E-state index in [1.165, 1.54) is 0 Å². The van der Waals surface area contributed by atoms with E-state index in [0.717, 1.165) is 11.3 Å². The number of anilines is 1. The molecule has 3 rings (SSSR count). The predicted molar refractivity (Wildman–Crippen MR) is 109 cm³/mol. The van der Waals surface area contributed by atoms with Crippen LogP contribution >= 0.6 is 11.6 Å². The second-order valence-corrected chi connectivity index (χ2v) is 7.98. The minimum Gasteiger partial charge on any atom is -0.444 e. The summed E-state index contributed by atoms with van der Waals surface area (Å²) in [5, 5.41) is 11.8. The van der Waals surface area contributed by atoms with E-state index >= 15 is 0 Å². The van der Waals surface area contributed by atoms with Crippen LogP contribution in [0.3, 0.4) is 0 Å². The highest BCUT2D eigenvalue weighted by molar-refractivity contribution is 6.29. The van der Waals surface area contributed by atoms with Gasteiger partial charge in [0, 0.05) is 24.7 Å². The zero-order chi connectivity index (χ0) is 20.1. The molecule has 1 atom stereocenters. The molecule has 2 aromatic rings. The highest BCUT2D eigenvalue weighted by Gasteiger charge is 2.28. The highest BCUT2D eigenvalue weighted by atomic mass is 35.5. The lowest BCUT2D eigenvalue weighted by Crippen LogP contribution is -2.49. The van der Waals surface area contributed by atoms with E-state index in [9.17, 15) is 4.79 Å². The Kier molecular flexibility index (Phi) is 6.36. The molecular formula is C20H25ClN4O3. The van der Waals surface area contributed by atoms with Crippen LogP contribution in [0.15, 0.2) is 36.4 Å². The van der Waals surface area contributed by atoms with Gasteiger partial charge in [0.25, 0.3) is 0 Å². The standard InChI is InChI=1S/C20H25ClN4O3/c1-20(2,3)28-19(26)25-9-10-27-15(13-25)12-22-16-11-17(21)23-24-18(16)14-7-5-4-6-8-14/h4-8,11,15H,9-10,12-13H2,1-3H3,(H,22,23). The second kappa shape index (κ2) is 8.75. The fourth-order valence-corrected chi connectivity index (χ4v) is 3.02. The first-order chi connectivity index (χ1) is 13.3. The van der Waals surface area contributed by atoms with Gasteiger partial charge in [0.2, 0.25) is 0 Å². The number of aromatic nitrogens is 2. The van der Waals surface area contributed by atoms with Gasteiger partial charge in [-0.15, -0.1) is 10.2 Å². The minimum atomic E-state index is -0.521. The molecule has 1 aliphatic rings.